The van der Waals surface area contributed by atoms with Crippen LogP contribution in [0.5, 0.6) is 0 Å². The SMILES string of the molecule is CS(=O)(=O)c1c(C2C[C@H]3CC[C@@H](C2)N3C(=O)[C@H]2COC(=O)N2)nc2c(-c3ccc(-c4ccccc4)nc3)cnn2c1N. The zero-order valence-corrected chi connectivity index (χ0v) is 23.6. The fraction of sp³-hybridized carbons (Fsp3) is 0.345. The molecule has 0 radical (unpaired) electrons. The number of pyridine rings is 1. The summed E-state index contributed by atoms with van der Waals surface area (Å²) in [6, 6.07) is 12.8. The fourth-order valence-electron chi connectivity index (χ4n) is 6.67. The van der Waals surface area contributed by atoms with Crippen LogP contribution in [0.4, 0.5) is 10.6 Å². The molecule has 1 unspecified atom stereocenters. The van der Waals surface area contributed by atoms with Crippen LogP contribution in [0.15, 0.2) is 59.8 Å². The maximum atomic E-state index is 13.3. The van der Waals surface area contributed by atoms with E-state index in [4.69, 9.17) is 15.5 Å². The molecule has 2 bridgehead atoms. The molecule has 3 saturated heterocycles. The number of nitrogens with two attached hydrogens (primary N) is 1. The highest BCUT2D eigenvalue weighted by Crippen LogP contribution is 2.45. The maximum absolute atomic E-state index is 13.3. The summed E-state index contributed by atoms with van der Waals surface area (Å²) in [7, 11) is -3.77. The predicted octanol–water partition coefficient (Wildman–Crippen LogP) is 2.79. The van der Waals surface area contributed by atoms with Crippen molar-refractivity contribution in [1.29, 1.82) is 0 Å². The molecule has 4 atom stereocenters. The minimum atomic E-state index is -3.77. The molecule has 13 heteroatoms. The van der Waals surface area contributed by atoms with Gasteiger partial charge in [-0.15, -0.1) is 0 Å². The standard InChI is InChI=1S/C29H29N7O5S/c1-42(39,40)25-24(18-11-19-8-9-20(12-18)35(19)28(37)23-15-41-29(38)33-23)34-27-21(14-32-36(27)26(25)30)17-7-10-22(31-13-17)16-5-3-2-4-6-16/h2-7,10,13-14,18-20,23H,8-9,11-12,15,30H2,1H3,(H,33,38)/t18?,19-,20+,23-/m1/s1. The number of rotatable bonds is 5. The lowest BCUT2D eigenvalue weighted by atomic mass is 9.87. The van der Waals surface area contributed by atoms with Gasteiger partial charge >= 0.3 is 6.09 Å². The number of amides is 2. The minimum Gasteiger partial charge on any atom is -0.447 e. The fourth-order valence-corrected chi connectivity index (χ4v) is 7.73. The number of nitrogen functional groups attached to an aromatic ring is 1. The second-order valence-corrected chi connectivity index (χ2v) is 13.1. The van der Waals surface area contributed by atoms with Crippen LogP contribution in [0.2, 0.25) is 0 Å². The average molecular weight is 588 g/mol. The molecule has 42 heavy (non-hydrogen) atoms. The van der Waals surface area contributed by atoms with E-state index in [1.807, 2.05) is 47.4 Å². The lowest BCUT2D eigenvalue weighted by Crippen LogP contribution is -2.53. The first kappa shape index (κ1) is 26.4. The van der Waals surface area contributed by atoms with Gasteiger partial charge in [0.05, 0.1) is 17.6 Å². The number of aromatic nitrogens is 4. The van der Waals surface area contributed by atoms with Crippen molar-refractivity contribution in [3.8, 4) is 22.4 Å². The molecular formula is C29H29N7O5S. The molecule has 6 heterocycles. The minimum absolute atomic E-state index is 0.00860. The molecule has 3 aromatic heterocycles. The van der Waals surface area contributed by atoms with Crippen LogP contribution >= 0.6 is 0 Å². The number of ether oxygens (including phenoxy) is 1. The van der Waals surface area contributed by atoms with E-state index in [0.717, 1.165) is 35.9 Å². The van der Waals surface area contributed by atoms with Gasteiger partial charge in [-0.2, -0.15) is 9.61 Å². The molecule has 3 aliphatic heterocycles. The molecule has 0 aliphatic carbocycles. The topological polar surface area (TPSA) is 162 Å². The Kier molecular flexibility index (Phi) is 6.15. The number of hydrogen-bond acceptors (Lipinski definition) is 9. The molecule has 4 aromatic rings. The third-order valence-electron chi connectivity index (χ3n) is 8.52. The van der Waals surface area contributed by atoms with Gasteiger partial charge in [0.2, 0.25) is 5.91 Å². The highest BCUT2D eigenvalue weighted by atomic mass is 32.2. The summed E-state index contributed by atoms with van der Waals surface area (Å²) >= 11 is 0. The second-order valence-electron chi connectivity index (χ2n) is 11.2. The number of anilines is 1. The van der Waals surface area contributed by atoms with Crippen molar-refractivity contribution in [1.82, 2.24) is 29.8 Å². The maximum Gasteiger partial charge on any atom is 0.407 e. The Hall–Kier alpha value is -4.52. The van der Waals surface area contributed by atoms with Crippen molar-refractivity contribution in [3.05, 3.63) is 60.6 Å². The van der Waals surface area contributed by atoms with Crippen LogP contribution in [0.3, 0.4) is 0 Å². The third kappa shape index (κ3) is 4.35. The lowest BCUT2D eigenvalue weighted by Gasteiger charge is -2.40. The van der Waals surface area contributed by atoms with E-state index >= 15 is 0 Å². The van der Waals surface area contributed by atoms with E-state index in [-0.39, 0.29) is 41.2 Å². The molecule has 2 amide bonds. The molecule has 0 spiro atoms. The number of carbonyl (C=O) groups is 2. The largest absolute Gasteiger partial charge is 0.447 e. The third-order valence-corrected chi connectivity index (χ3v) is 9.68. The number of benzene rings is 1. The van der Waals surface area contributed by atoms with Gasteiger partial charge in [0, 0.05) is 47.1 Å². The van der Waals surface area contributed by atoms with Crippen LogP contribution in [0.1, 0.15) is 37.3 Å². The van der Waals surface area contributed by atoms with Crippen LogP contribution in [-0.4, -0.2) is 75.9 Å². The predicted molar refractivity (Wildman–Crippen MR) is 153 cm³/mol. The number of alkyl carbamates (subject to hydrolysis) is 1. The number of nitrogens with zero attached hydrogens (tertiary/aromatic N) is 5. The summed E-state index contributed by atoms with van der Waals surface area (Å²) in [6.45, 7) is 0.00912. The summed E-state index contributed by atoms with van der Waals surface area (Å²) < 4.78 is 32.5. The van der Waals surface area contributed by atoms with Gasteiger partial charge in [-0.1, -0.05) is 36.4 Å². The highest BCUT2D eigenvalue weighted by Gasteiger charge is 2.48. The second kappa shape index (κ2) is 9.79. The number of sulfone groups is 1. The first-order valence-electron chi connectivity index (χ1n) is 13.8. The summed E-state index contributed by atoms with van der Waals surface area (Å²) in [5.74, 6) is -0.392. The van der Waals surface area contributed by atoms with Gasteiger partial charge in [-0.25, -0.2) is 18.2 Å². The van der Waals surface area contributed by atoms with E-state index in [1.165, 1.54) is 4.52 Å². The van der Waals surface area contributed by atoms with Gasteiger partial charge in [-0.3, -0.25) is 9.78 Å². The lowest BCUT2D eigenvalue weighted by molar-refractivity contribution is -0.137. The Labute approximate surface area is 241 Å². The molecule has 3 fully saturated rings. The van der Waals surface area contributed by atoms with Crippen molar-refractivity contribution in [2.75, 3.05) is 18.6 Å². The van der Waals surface area contributed by atoms with E-state index < -0.39 is 22.0 Å². The van der Waals surface area contributed by atoms with Crippen molar-refractivity contribution < 1.29 is 22.7 Å². The summed E-state index contributed by atoms with van der Waals surface area (Å²) in [4.78, 5) is 36.2. The zero-order valence-electron chi connectivity index (χ0n) is 22.8. The monoisotopic (exact) mass is 587 g/mol. The number of carbonyl (C=O) groups excluding carboxylic acids is 2. The van der Waals surface area contributed by atoms with Crippen LogP contribution < -0.4 is 11.1 Å². The first-order valence-corrected chi connectivity index (χ1v) is 15.7. The van der Waals surface area contributed by atoms with Gasteiger partial charge in [0.25, 0.3) is 0 Å². The van der Waals surface area contributed by atoms with Crippen molar-refractivity contribution in [3.63, 3.8) is 0 Å². The molecule has 12 nitrogen and oxygen atoms in total. The first-order chi connectivity index (χ1) is 20.2. The van der Waals surface area contributed by atoms with E-state index in [1.54, 1.807) is 12.4 Å². The zero-order chi connectivity index (χ0) is 29.2. The molecule has 3 aliphatic rings. The number of hydrogen-bond donors (Lipinski definition) is 2. The van der Waals surface area contributed by atoms with Crippen molar-refractivity contribution in [2.24, 2.45) is 0 Å². The summed E-state index contributed by atoms with van der Waals surface area (Å²) in [6.07, 6.45) is 6.55. The number of fused-ring (bicyclic) bond motifs is 3. The molecule has 7 rings (SSSR count). The van der Waals surface area contributed by atoms with E-state index in [0.29, 0.717) is 29.7 Å². The average Bonchev–Trinajstić information content (AvgIpc) is 3.68. The van der Waals surface area contributed by atoms with Crippen molar-refractivity contribution in [2.45, 2.75) is 54.6 Å². The Morgan fingerprint density at radius 3 is 2.40 bits per heavy atom. The molecule has 3 N–H and O–H groups in total. The summed E-state index contributed by atoms with van der Waals surface area (Å²) in [5, 5.41) is 6.98. The smallest absolute Gasteiger partial charge is 0.407 e. The summed E-state index contributed by atoms with van der Waals surface area (Å²) in [5.41, 5.74) is 10.6. The molecule has 0 saturated carbocycles. The van der Waals surface area contributed by atoms with Crippen LogP contribution in [-0.2, 0) is 19.4 Å². The van der Waals surface area contributed by atoms with Gasteiger partial charge < -0.3 is 20.7 Å². The number of cyclic esters (lactones) is 1. The number of piperidine rings is 1. The highest BCUT2D eigenvalue weighted by molar-refractivity contribution is 7.91. The quantitative estimate of drug-likeness (QED) is 0.358. The van der Waals surface area contributed by atoms with Crippen LogP contribution in [0, 0.1) is 0 Å². The van der Waals surface area contributed by atoms with Gasteiger partial charge in [0.1, 0.15) is 23.4 Å². The van der Waals surface area contributed by atoms with E-state index in [2.05, 4.69) is 15.4 Å². The van der Waals surface area contributed by atoms with Gasteiger partial charge in [-0.05, 0) is 31.7 Å². The van der Waals surface area contributed by atoms with E-state index in [9.17, 15) is 18.0 Å². The Balaban J connectivity index is 1.26. The van der Waals surface area contributed by atoms with Gasteiger partial charge in [0.15, 0.2) is 15.5 Å². The molecular weight excluding hydrogens is 558 g/mol. The Bertz CT molecular complexity index is 1810. The van der Waals surface area contributed by atoms with Crippen molar-refractivity contribution >= 4 is 33.3 Å². The van der Waals surface area contributed by atoms with Crippen LogP contribution in [0.25, 0.3) is 28.0 Å². The molecule has 1 aromatic carbocycles. The normalized spacial score (nSPS) is 23.6. The number of nitrogens with one attached hydrogen (secondary N) is 1. The Morgan fingerprint density at radius 2 is 1.79 bits per heavy atom. The molecule has 216 valence electrons. The Morgan fingerprint density at radius 1 is 1.05 bits per heavy atom.